The molecule has 0 radical (unpaired) electrons. The van der Waals surface area contributed by atoms with Crippen LogP contribution < -0.4 is 10.2 Å². The molecular formula is C24H23FN4O4. The summed E-state index contributed by atoms with van der Waals surface area (Å²) in [5, 5.41) is 7.02. The van der Waals surface area contributed by atoms with E-state index in [0.717, 1.165) is 5.56 Å². The van der Waals surface area contributed by atoms with Crippen molar-refractivity contribution in [3.8, 4) is 5.69 Å². The van der Waals surface area contributed by atoms with E-state index in [9.17, 15) is 18.8 Å². The molecule has 170 valence electrons. The number of anilines is 2. The Bertz CT molecular complexity index is 1220. The number of carbonyl (C=O) groups is 3. The van der Waals surface area contributed by atoms with Gasteiger partial charge in [0.25, 0.3) is 0 Å². The Morgan fingerprint density at radius 3 is 2.79 bits per heavy atom. The minimum atomic E-state index is -0.609. The molecule has 1 atom stereocenters. The Kier molecular flexibility index (Phi) is 6.21. The van der Waals surface area contributed by atoms with Crippen LogP contribution in [0.15, 0.2) is 54.7 Å². The molecule has 2 heterocycles. The van der Waals surface area contributed by atoms with E-state index in [2.05, 4.69) is 10.4 Å². The van der Waals surface area contributed by atoms with Gasteiger partial charge >= 0.3 is 5.97 Å². The number of ether oxygens (including phenoxy) is 1. The van der Waals surface area contributed by atoms with E-state index in [4.69, 9.17) is 4.74 Å². The number of amides is 2. The summed E-state index contributed by atoms with van der Waals surface area (Å²) in [6.45, 7) is 3.84. The van der Waals surface area contributed by atoms with Crippen LogP contribution in [0.3, 0.4) is 0 Å². The second-order valence-corrected chi connectivity index (χ2v) is 7.77. The van der Waals surface area contributed by atoms with Crippen molar-refractivity contribution >= 4 is 29.2 Å². The first kappa shape index (κ1) is 22.2. The molecule has 33 heavy (non-hydrogen) atoms. The Labute approximate surface area is 190 Å². The van der Waals surface area contributed by atoms with Crippen molar-refractivity contribution in [2.75, 3.05) is 23.4 Å². The summed E-state index contributed by atoms with van der Waals surface area (Å²) in [6, 6.07) is 13.1. The number of esters is 1. The van der Waals surface area contributed by atoms with Crippen LogP contribution >= 0.6 is 0 Å². The predicted molar refractivity (Wildman–Crippen MR) is 120 cm³/mol. The fraction of sp³-hybridized carbons (Fsp3) is 0.250. The van der Waals surface area contributed by atoms with Crippen LogP contribution in [0.4, 0.5) is 15.8 Å². The van der Waals surface area contributed by atoms with Crippen LogP contribution in [0.2, 0.25) is 0 Å². The second-order valence-electron chi connectivity index (χ2n) is 7.77. The molecular weight excluding hydrogens is 427 g/mol. The SMILES string of the molecule is CCOC(=O)c1ccn(-c2cccc(NC(=O)C3CC(=O)N(c4ccc(C)cc4F)C3)c2)n1. The maximum Gasteiger partial charge on any atom is 0.358 e. The molecule has 4 rings (SSSR count). The van der Waals surface area contributed by atoms with E-state index in [1.54, 1.807) is 62.5 Å². The van der Waals surface area contributed by atoms with Crippen LogP contribution in [0.25, 0.3) is 5.69 Å². The molecule has 1 fully saturated rings. The molecule has 1 aliphatic heterocycles. The maximum absolute atomic E-state index is 14.3. The topological polar surface area (TPSA) is 93.5 Å². The predicted octanol–water partition coefficient (Wildman–Crippen LogP) is 3.49. The van der Waals surface area contributed by atoms with Crippen molar-refractivity contribution in [3.63, 3.8) is 0 Å². The van der Waals surface area contributed by atoms with Crippen molar-refractivity contribution in [1.82, 2.24) is 9.78 Å². The second kappa shape index (κ2) is 9.23. The summed E-state index contributed by atoms with van der Waals surface area (Å²) < 4.78 is 20.8. The molecule has 2 aromatic carbocycles. The van der Waals surface area contributed by atoms with Gasteiger partial charge < -0.3 is 15.0 Å². The third-order valence-corrected chi connectivity index (χ3v) is 5.34. The highest BCUT2D eigenvalue weighted by Crippen LogP contribution is 2.29. The molecule has 9 heteroatoms. The molecule has 1 N–H and O–H groups in total. The van der Waals surface area contributed by atoms with Gasteiger partial charge in [-0.15, -0.1) is 0 Å². The standard InChI is InChI=1S/C24H23FN4O4/c1-3-33-24(32)20-9-10-29(27-20)18-6-4-5-17(13-18)26-23(31)16-12-22(30)28(14-16)21-8-7-15(2)11-19(21)25/h4-11,13,16H,3,12,14H2,1-2H3,(H,26,31). The van der Waals surface area contributed by atoms with Gasteiger partial charge in [-0.05, 0) is 55.8 Å². The minimum absolute atomic E-state index is 0.000890. The highest BCUT2D eigenvalue weighted by molar-refractivity contribution is 6.03. The Balaban J connectivity index is 1.45. The zero-order valence-corrected chi connectivity index (χ0v) is 18.2. The van der Waals surface area contributed by atoms with Crippen molar-refractivity contribution in [2.45, 2.75) is 20.3 Å². The summed E-state index contributed by atoms with van der Waals surface area (Å²) in [4.78, 5) is 38.4. The van der Waals surface area contributed by atoms with E-state index in [-0.39, 0.29) is 42.8 Å². The molecule has 1 saturated heterocycles. The molecule has 1 unspecified atom stereocenters. The molecule has 0 aliphatic carbocycles. The monoisotopic (exact) mass is 450 g/mol. The van der Waals surface area contributed by atoms with Crippen LogP contribution in [0.1, 0.15) is 29.4 Å². The first-order valence-electron chi connectivity index (χ1n) is 10.6. The van der Waals surface area contributed by atoms with Gasteiger partial charge in [0.05, 0.1) is 23.9 Å². The molecule has 0 spiro atoms. The van der Waals surface area contributed by atoms with Gasteiger partial charge in [0, 0.05) is 24.8 Å². The smallest absolute Gasteiger partial charge is 0.358 e. The summed E-state index contributed by atoms with van der Waals surface area (Å²) in [5.74, 6) is -2.24. The molecule has 2 amide bonds. The lowest BCUT2D eigenvalue weighted by atomic mass is 10.1. The number of aromatic nitrogens is 2. The van der Waals surface area contributed by atoms with Gasteiger partial charge in [-0.2, -0.15) is 5.10 Å². The Morgan fingerprint density at radius 1 is 1.21 bits per heavy atom. The third kappa shape index (κ3) is 4.77. The van der Waals surface area contributed by atoms with Crippen molar-refractivity contribution in [3.05, 3.63) is 71.8 Å². The minimum Gasteiger partial charge on any atom is -0.461 e. The normalized spacial score (nSPS) is 15.5. The summed E-state index contributed by atoms with van der Waals surface area (Å²) >= 11 is 0. The molecule has 0 bridgehead atoms. The van der Waals surface area contributed by atoms with Crippen LogP contribution in [0.5, 0.6) is 0 Å². The van der Waals surface area contributed by atoms with Gasteiger partial charge in [-0.3, -0.25) is 9.59 Å². The van der Waals surface area contributed by atoms with Gasteiger partial charge in [0.2, 0.25) is 11.8 Å². The number of benzene rings is 2. The lowest BCUT2D eigenvalue weighted by molar-refractivity contribution is -0.122. The lowest BCUT2D eigenvalue weighted by Gasteiger charge is -2.18. The number of rotatable bonds is 6. The molecule has 0 saturated carbocycles. The van der Waals surface area contributed by atoms with E-state index in [1.165, 1.54) is 15.6 Å². The number of nitrogens with zero attached hydrogens (tertiary/aromatic N) is 3. The quantitative estimate of drug-likeness (QED) is 0.581. The van der Waals surface area contributed by atoms with Crippen LogP contribution in [0, 0.1) is 18.7 Å². The largest absolute Gasteiger partial charge is 0.461 e. The summed E-state index contributed by atoms with van der Waals surface area (Å²) in [5.41, 5.74) is 2.26. The fourth-order valence-electron chi connectivity index (χ4n) is 3.70. The van der Waals surface area contributed by atoms with Gasteiger partial charge in [-0.1, -0.05) is 12.1 Å². The molecule has 1 aromatic heterocycles. The van der Waals surface area contributed by atoms with E-state index in [0.29, 0.717) is 11.4 Å². The number of hydrogen-bond acceptors (Lipinski definition) is 5. The summed E-state index contributed by atoms with van der Waals surface area (Å²) in [7, 11) is 0. The van der Waals surface area contributed by atoms with Crippen LogP contribution in [-0.4, -0.2) is 40.7 Å². The number of carbonyl (C=O) groups excluding carboxylic acids is 3. The van der Waals surface area contributed by atoms with E-state index >= 15 is 0 Å². The molecule has 1 aliphatic rings. The highest BCUT2D eigenvalue weighted by Gasteiger charge is 2.36. The fourth-order valence-corrected chi connectivity index (χ4v) is 3.70. The van der Waals surface area contributed by atoms with Crippen molar-refractivity contribution in [1.29, 1.82) is 0 Å². The van der Waals surface area contributed by atoms with Crippen LogP contribution in [-0.2, 0) is 14.3 Å². The number of halogens is 1. The number of hydrogen-bond donors (Lipinski definition) is 1. The first-order valence-corrected chi connectivity index (χ1v) is 10.6. The average Bonchev–Trinajstić information content (AvgIpc) is 3.42. The maximum atomic E-state index is 14.3. The van der Waals surface area contributed by atoms with E-state index < -0.39 is 17.7 Å². The molecule has 3 aromatic rings. The Morgan fingerprint density at radius 2 is 2.03 bits per heavy atom. The van der Waals surface area contributed by atoms with Gasteiger partial charge in [0.1, 0.15) is 5.82 Å². The zero-order chi connectivity index (χ0) is 23.5. The number of aryl methyl sites for hydroxylation is 1. The average molecular weight is 450 g/mol. The summed E-state index contributed by atoms with van der Waals surface area (Å²) in [6.07, 6.45) is 1.62. The Hall–Kier alpha value is -4.01. The van der Waals surface area contributed by atoms with Crippen molar-refractivity contribution < 1.29 is 23.5 Å². The van der Waals surface area contributed by atoms with Gasteiger partial charge in [0.15, 0.2) is 5.69 Å². The number of nitrogens with one attached hydrogen (secondary N) is 1. The zero-order valence-electron chi connectivity index (χ0n) is 18.2. The lowest BCUT2D eigenvalue weighted by Crippen LogP contribution is -2.28. The molecule has 8 nitrogen and oxygen atoms in total. The van der Waals surface area contributed by atoms with E-state index in [1.807, 2.05) is 0 Å². The first-order chi connectivity index (χ1) is 15.9. The third-order valence-electron chi connectivity index (χ3n) is 5.34. The van der Waals surface area contributed by atoms with Crippen molar-refractivity contribution in [2.24, 2.45) is 5.92 Å². The highest BCUT2D eigenvalue weighted by atomic mass is 19.1. The van der Waals surface area contributed by atoms with Gasteiger partial charge in [-0.25, -0.2) is 13.9 Å².